The minimum Gasteiger partial charge on any atom is -0.344 e. The van der Waals surface area contributed by atoms with Crippen LogP contribution in [0, 0.1) is 10.1 Å². The summed E-state index contributed by atoms with van der Waals surface area (Å²) in [5, 5.41) is 8.69. The van der Waals surface area contributed by atoms with Gasteiger partial charge < -0.3 is 11.0 Å². The van der Waals surface area contributed by atoms with E-state index in [0.29, 0.717) is 0 Å². The van der Waals surface area contributed by atoms with Gasteiger partial charge in [-0.1, -0.05) is 13.3 Å². The molecule has 56 valence electrons. The van der Waals surface area contributed by atoms with E-state index in [9.17, 15) is 10.1 Å². The quantitative estimate of drug-likeness (QED) is 0.357. The zero-order valence-electron chi connectivity index (χ0n) is 5.50. The van der Waals surface area contributed by atoms with Crippen molar-refractivity contribution in [1.82, 2.24) is 6.15 Å². The Balaban J connectivity index is 0. The minimum absolute atomic E-state index is 0. The molecule has 0 bridgehead atoms. The second-order valence-electron chi connectivity index (χ2n) is 1.41. The molecule has 0 saturated carbocycles. The highest BCUT2D eigenvalue weighted by Crippen LogP contribution is 1.86. The SMILES string of the molecule is CCCCO[N+](=O)[O-].N. The van der Waals surface area contributed by atoms with E-state index in [1.807, 2.05) is 6.92 Å². The van der Waals surface area contributed by atoms with E-state index in [-0.39, 0.29) is 12.8 Å². The molecule has 0 rings (SSSR count). The number of rotatable bonds is 4. The van der Waals surface area contributed by atoms with E-state index in [0.717, 1.165) is 12.8 Å². The third-order valence-corrected chi connectivity index (χ3v) is 0.695. The van der Waals surface area contributed by atoms with Crippen molar-refractivity contribution in [3.63, 3.8) is 0 Å². The Kier molecular flexibility index (Phi) is 8.77. The topological polar surface area (TPSA) is 87.4 Å². The van der Waals surface area contributed by atoms with E-state index in [4.69, 9.17) is 0 Å². The fraction of sp³-hybridized carbons (Fsp3) is 1.00. The first-order valence-electron chi connectivity index (χ1n) is 2.54. The van der Waals surface area contributed by atoms with Gasteiger partial charge in [0.15, 0.2) is 0 Å². The zero-order chi connectivity index (χ0) is 6.41. The van der Waals surface area contributed by atoms with Crippen LogP contribution >= 0.6 is 0 Å². The standard InChI is InChI=1S/C4H9NO3.H3N/c1-2-3-4-8-5(6)7;/h2-4H2,1H3;1H3. The maximum absolute atomic E-state index is 9.46. The summed E-state index contributed by atoms with van der Waals surface area (Å²) in [6.45, 7) is 2.17. The largest absolute Gasteiger partial charge is 0.344 e. The summed E-state index contributed by atoms with van der Waals surface area (Å²) in [6, 6.07) is 0. The molecule has 0 aliphatic rings. The molecule has 9 heavy (non-hydrogen) atoms. The first-order valence-corrected chi connectivity index (χ1v) is 2.54. The highest BCUT2D eigenvalue weighted by molar-refractivity contribution is 4.25. The Bertz CT molecular complexity index is 76.2. The normalized spacial score (nSPS) is 7.67. The van der Waals surface area contributed by atoms with Crippen LogP contribution in [0.1, 0.15) is 19.8 Å². The summed E-state index contributed by atoms with van der Waals surface area (Å²) in [7, 11) is 0. The Hall–Kier alpha value is -0.840. The number of hydrogen-bond donors (Lipinski definition) is 1. The Labute approximate surface area is 53.7 Å². The smallest absolute Gasteiger partial charge is 0.294 e. The summed E-state index contributed by atoms with van der Waals surface area (Å²) < 4.78 is 0. The number of nitrogens with zero attached hydrogens (tertiary/aromatic N) is 1. The van der Waals surface area contributed by atoms with Gasteiger partial charge in [-0.25, -0.2) is 0 Å². The van der Waals surface area contributed by atoms with Crippen LogP contribution in [0.2, 0.25) is 0 Å². The van der Waals surface area contributed by atoms with Gasteiger partial charge in [0.2, 0.25) is 0 Å². The molecule has 0 heterocycles. The molecule has 0 fully saturated rings. The highest BCUT2D eigenvalue weighted by Gasteiger charge is 1.89. The first kappa shape index (κ1) is 11.0. The first-order chi connectivity index (χ1) is 3.77. The van der Waals surface area contributed by atoms with E-state index in [1.165, 1.54) is 0 Å². The highest BCUT2D eigenvalue weighted by atomic mass is 16.9. The van der Waals surface area contributed by atoms with Crippen molar-refractivity contribution in [2.45, 2.75) is 19.8 Å². The van der Waals surface area contributed by atoms with Crippen LogP contribution in [0.3, 0.4) is 0 Å². The summed E-state index contributed by atoms with van der Waals surface area (Å²) in [6.07, 6.45) is 1.68. The van der Waals surface area contributed by atoms with Crippen LogP contribution in [0.25, 0.3) is 0 Å². The van der Waals surface area contributed by atoms with E-state index >= 15 is 0 Å². The van der Waals surface area contributed by atoms with Crippen LogP contribution in [0.15, 0.2) is 0 Å². The molecule has 0 unspecified atom stereocenters. The molecular weight excluding hydrogens is 124 g/mol. The van der Waals surface area contributed by atoms with Gasteiger partial charge in [0, 0.05) is 0 Å². The molecule has 0 aromatic carbocycles. The van der Waals surface area contributed by atoms with Gasteiger partial charge in [-0.2, -0.15) is 0 Å². The maximum atomic E-state index is 9.46. The maximum Gasteiger partial charge on any atom is 0.294 e. The lowest BCUT2D eigenvalue weighted by molar-refractivity contribution is -0.757. The van der Waals surface area contributed by atoms with Crippen molar-refractivity contribution in [2.75, 3.05) is 6.61 Å². The summed E-state index contributed by atoms with van der Waals surface area (Å²) in [5.41, 5.74) is 0. The second-order valence-corrected chi connectivity index (χ2v) is 1.41. The molecule has 0 spiro atoms. The molecule has 0 amide bonds. The van der Waals surface area contributed by atoms with Gasteiger partial charge in [0.05, 0.1) is 6.61 Å². The van der Waals surface area contributed by atoms with Crippen molar-refractivity contribution < 1.29 is 9.92 Å². The Morgan fingerprint density at radius 2 is 2.22 bits per heavy atom. The lowest BCUT2D eigenvalue weighted by atomic mass is 10.4. The zero-order valence-corrected chi connectivity index (χ0v) is 5.50. The van der Waals surface area contributed by atoms with E-state index in [1.54, 1.807) is 0 Å². The lowest BCUT2D eigenvalue weighted by Crippen LogP contribution is -2.00. The molecule has 0 radical (unpaired) electrons. The van der Waals surface area contributed by atoms with E-state index < -0.39 is 5.09 Å². The summed E-state index contributed by atoms with van der Waals surface area (Å²) >= 11 is 0. The van der Waals surface area contributed by atoms with Crippen molar-refractivity contribution in [3.8, 4) is 0 Å². The van der Waals surface area contributed by atoms with Crippen molar-refractivity contribution in [3.05, 3.63) is 10.1 Å². The molecule has 0 aliphatic heterocycles. The van der Waals surface area contributed by atoms with Crippen molar-refractivity contribution in [1.29, 1.82) is 0 Å². The summed E-state index contributed by atoms with van der Waals surface area (Å²) in [5.74, 6) is 0. The second kappa shape index (κ2) is 7.16. The van der Waals surface area contributed by atoms with Crippen LogP contribution in [-0.4, -0.2) is 11.7 Å². The molecule has 3 N–H and O–H groups in total. The fourth-order valence-electron chi connectivity index (χ4n) is 0.283. The van der Waals surface area contributed by atoms with Crippen LogP contribution in [-0.2, 0) is 4.84 Å². The molecule has 5 nitrogen and oxygen atoms in total. The monoisotopic (exact) mass is 136 g/mol. The molecule has 0 saturated heterocycles. The van der Waals surface area contributed by atoms with E-state index in [2.05, 4.69) is 4.84 Å². The van der Waals surface area contributed by atoms with Gasteiger partial charge in [-0.05, 0) is 6.42 Å². The van der Waals surface area contributed by atoms with Crippen LogP contribution in [0.4, 0.5) is 0 Å². The third-order valence-electron chi connectivity index (χ3n) is 0.695. The fourth-order valence-corrected chi connectivity index (χ4v) is 0.283. The minimum atomic E-state index is -0.768. The average Bonchev–Trinajstić information content (AvgIpc) is 1.66. The Morgan fingerprint density at radius 3 is 2.56 bits per heavy atom. The number of unbranched alkanes of at least 4 members (excludes halogenated alkanes) is 1. The molecule has 0 aromatic heterocycles. The molecule has 0 aromatic rings. The predicted octanol–water partition coefficient (Wildman–Crippen LogP) is 1.16. The summed E-state index contributed by atoms with van der Waals surface area (Å²) in [4.78, 5) is 13.5. The average molecular weight is 136 g/mol. The van der Waals surface area contributed by atoms with Crippen molar-refractivity contribution >= 4 is 0 Å². The van der Waals surface area contributed by atoms with Gasteiger partial charge in [0.1, 0.15) is 0 Å². The molecule has 5 heteroatoms. The van der Waals surface area contributed by atoms with Crippen LogP contribution < -0.4 is 6.15 Å². The van der Waals surface area contributed by atoms with Crippen molar-refractivity contribution in [2.24, 2.45) is 0 Å². The predicted molar refractivity (Wildman–Crippen MR) is 32.9 cm³/mol. The van der Waals surface area contributed by atoms with Gasteiger partial charge in [-0.3, -0.25) is 0 Å². The molecule has 0 aliphatic carbocycles. The lowest BCUT2D eigenvalue weighted by Gasteiger charge is -1.92. The molecule has 0 atom stereocenters. The molecular formula is C4H12N2O3. The van der Waals surface area contributed by atoms with Gasteiger partial charge in [-0.15, -0.1) is 10.1 Å². The third kappa shape index (κ3) is 11.0. The van der Waals surface area contributed by atoms with Gasteiger partial charge >= 0.3 is 0 Å². The number of hydrogen-bond acceptors (Lipinski definition) is 4. The Morgan fingerprint density at radius 1 is 1.67 bits per heavy atom. The van der Waals surface area contributed by atoms with Gasteiger partial charge in [0.25, 0.3) is 5.09 Å². The van der Waals surface area contributed by atoms with Crippen LogP contribution in [0.5, 0.6) is 0 Å².